The number of aryl methyl sites for hydroxylation is 1. The Balaban J connectivity index is 2.39. The Morgan fingerprint density at radius 3 is 2.94 bits per heavy atom. The first-order valence-corrected chi connectivity index (χ1v) is 5.19. The number of nitrogen functional groups attached to an aromatic ring is 1. The molecule has 1 heterocycles. The third-order valence-electron chi connectivity index (χ3n) is 2.24. The molecule has 1 rings (SSSR count). The van der Waals surface area contributed by atoms with Crippen LogP contribution in [0.2, 0.25) is 0 Å². The van der Waals surface area contributed by atoms with Crippen LogP contribution in [0.15, 0.2) is 0 Å². The van der Waals surface area contributed by atoms with E-state index in [9.17, 15) is 4.79 Å². The van der Waals surface area contributed by atoms with E-state index < -0.39 is 0 Å². The lowest BCUT2D eigenvalue weighted by molar-refractivity contribution is 0.0953. The molecule has 4 N–H and O–H groups in total. The molecule has 5 heteroatoms. The molecule has 0 aromatic carbocycles. The summed E-state index contributed by atoms with van der Waals surface area (Å²) in [5.41, 5.74) is 6.67. The number of aromatic nitrogens is 2. The van der Waals surface area contributed by atoms with Crippen molar-refractivity contribution in [1.82, 2.24) is 15.5 Å². The zero-order valence-corrected chi connectivity index (χ0v) is 9.34. The predicted octanol–water partition coefficient (Wildman–Crippen LogP) is 0.834. The van der Waals surface area contributed by atoms with E-state index in [1.54, 1.807) is 6.92 Å². The number of aromatic amines is 1. The number of unbranched alkanes of at least 4 members (excludes halogenated alkanes) is 2. The smallest absolute Gasteiger partial charge is 0.256 e. The number of H-pyrrole nitrogens is 1. The van der Waals surface area contributed by atoms with E-state index in [0.29, 0.717) is 17.8 Å². The van der Waals surface area contributed by atoms with E-state index in [4.69, 9.17) is 12.2 Å². The maximum Gasteiger partial charge on any atom is 0.256 e. The number of rotatable bonds is 5. The number of carbonyl (C=O) groups excluding carboxylic acids is 1. The van der Waals surface area contributed by atoms with Gasteiger partial charge in [-0.15, -0.1) is 12.3 Å². The number of amides is 1. The Morgan fingerprint density at radius 1 is 1.62 bits per heavy atom. The molecule has 0 aliphatic carbocycles. The van der Waals surface area contributed by atoms with Gasteiger partial charge in [0, 0.05) is 18.7 Å². The van der Waals surface area contributed by atoms with E-state index in [1.165, 1.54) is 0 Å². The van der Waals surface area contributed by atoms with Crippen molar-refractivity contribution in [2.24, 2.45) is 0 Å². The van der Waals surface area contributed by atoms with Crippen LogP contribution in [-0.2, 0) is 0 Å². The Hall–Kier alpha value is -1.96. The van der Waals surface area contributed by atoms with Crippen molar-refractivity contribution in [3.05, 3.63) is 11.3 Å². The van der Waals surface area contributed by atoms with Crippen molar-refractivity contribution in [3.63, 3.8) is 0 Å². The molecule has 86 valence electrons. The molecule has 1 aromatic heterocycles. The lowest BCUT2D eigenvalue weighted by atomic mass is 10.2. The summed E-state index contributed by atoms with van der Waals surface area (Å²) in [6.45, 7) is 2.36. The summed E-state index contributed by atoms with van der Waals surface area (Å²) in [6, 6.07) is 0. The van der Waals surface area contributed by atoms with Gasteiger partial charge in [-0.25, -0.2) is 0 Å². The monoisotopic (exact) mass is 220 g/mol. The largest absolute Gasteiger partial charge is 0.382 e. The zero-order valence-electron chi connectivity index (χ0n) is 9.34. The first-order chi connectivity index (χ1) is 7.66. The van der Waals surface area contributed by atoms with Crippen LogP contribution in [0.25, 0.3) is 0 Å². The molecule has 0 atom stereocenters. The number of hydrogen-bond acceptors (Lipinski definition) is 3. The van der Waals surface area contributed by atoms with Gasteiger partial charge >= 0.3 is 0 Å². The number of carbonyl (C=O) groups is 1. The molecule has 16 heavy (non-hydrogen) atoms. The Morgan fingerprint density at radius 2 is 2.38 bits per heavy atom. The number of terminal acetylenes is 1. The topological polar surface area (TPSA) is 83.8 Å². The highest BCUT2D eigenvalue weighted by Crippen LogP contribution is 2.11. The van der Waals surface area contributed by atoms with Crippen LogP contribution in [-0.4, -0.2) is 22.6 Å². The SMILES string of the molecule is C#CCCCCNC(=O)c1c(N)n[nH]c1C. The average Bonchev–Trinajstić information content (AvgIpc) is 2.58. The number of hydrogen-bond donors (Lipinski definition) is 3. The highest BCUT2D eigenvalue weighted by molar-refractivity contribution is 5.99. The number of nitrogens with one attached hydrogen (secondary N) is 2. The first kappa shape index (κ1) is 12.1. The van der Waals surface area contributed by atoms with Crippen molar-refractivity contribution in [2.75, 3.05) is 12.3 Å². The van der Waals surface area contributed by atoms with Crippen LogP contribution in [0.4, 0.5) is 5.82 Å². The Kier molecular flexibility index (Phi) is 4.40. The quantitative estimate of drug-likeness (QED) is 0.507. The molecular formula is C11H16N4O. The van der Waals surface area contributed by atoms with Crippen molar-refractivity contribution in [3.8, 4) is 12.3 Å². The van der Waals surface area contributed by atoms with Crippen molar-refractivity contribution >= 4 is 11.7 Å². The second-order valence-corrected chi connectivity index (χ2v) is 3.53. The molecule has 1 aromatic rings. The van der Waals surface area contributed by atoms with Crippen LogP contribution < -0.4 is 11.1 Å². The maximum absolute atomic E-state index is 11.7. The summed E-state index contributed by atoms with van der Waals surface area (Å²) in [5, 5.41) is 9.20. The second-order valence-electron chi connectivity index (χ2n) is 3.53. The third-order valence-corrected chi connectivity index (χ3v) is 2.24. The van der Waals surface area contributed by atoms with Crippen LogP contribution >= 0.6 is 0 Å². The molecule has 0 aliphatic heterocycles. The number of nitrogens with zero attached hydrogens (tertiary/aromatic N) is 1. The summed E-state index contributed by atoms with van der Waals surface area (Å²) < 4.78 is 0. The summed E-state index contributed by atoms with van der Waals surface area (Å²) in [6.07, 6.45) is 7.64. The standard InChI is InChI=1S/C11H16N4O/c1-3-4-5-6-7-13-11(16)9-8(2)14-15-10(9)12/h1H,4-7H2,2H3,(H,13,16)(H3,12,14,15). The summed E-state index contributed by atoms with van der Waals surface area (Å²) >= 11 is 0. The molecule has 0 radical (unpaired) electrons. The van der Waals surface area contributed by atoms with Gasteiger partial charge in [0.05, 0.1) is 0 Å². The Labute approximate surface area is 94.8 Å². The van der Waals surface area contributed by atoms with Gasteiger partial charge in [0.1, 0.15) is 5.56 Å². The molecule has 0 unspecified atom stereocenters. The summed E-state index contributed by atoms with van der Waals surface area (Å²) in [5.74, 6) is 2.60. The van der Waals surface area contributed by atoms with Crippen LogP contribution in [0.1, 0.15) is 35.3 Å². The van der Waals surface area contributed by atoms with Gasteiger partial charge in [-0.2, -0.15) is 5.10 Å². The van der Waals surface area contributed by atoms with Crippen molar-refractivity contribution < 1.29 is 4.79 Å². The molecule has 5 nitrogen and oxygen atoms in total. The van der Waals surface area contributed by atoms with E-state index >= 15 is 0 Å². The minimum Gasteiger partial charge on any atom is -0.382 e. The zero-order chi connectivity index (χ0) is 12.0. The minimum absolute atomic E-state index is 0.190. The van der Waals surface area contributed by atoms with Crippen LogP contribution in [0.5, 0.6) is 0 Å². The normalized spacial score (nSPS) is 9.75. The maximum atomic E-state index is 11.7. The Bertz CT molecular complexity index is 383. The van der Waals surface area contributed by atoms with Gasteiger partial charge in [-0.05, 0) is 19.8 Å². The fraction of sp³-hybridized carbons (Fsp3) is 0.455. The molecule has 0 aliphatic rings. The highest BCUT2D eigenvalue weighted by atomic mass is 16.1. The van der Waals surface area contributed by atoms with Crippen LogP contribution in [0, 0.1) is 19.3 Å². The number of nitrogens with two attached hydrogens (primary N) is 1. The molecule has 0 saturated heterocycles. The molecule has 0 spiro atoms. The van der Waals surface area contributed by atoms with E-state index in [2.05, 4.69) is 21.4 Å². The van der Waals surface area contributed by atoms with Crippen molar-refractivity contribution in [2.45, 2.75) is 26.2 Å². The number of anilines is 1. The lowest BCUT2D eigenvalue weighted by Gasteiger charge is -2.03. The van der Waals surface area contributed by atoms with Crippen LogP contribution in [0.3, 0.4) is 0 Å². The van der Waals surface area contributed by atoms with Gasteiger partial charge in [0.15, 0.2) is 5.82 Å². The van der Waals surface area contributed by atoms with E-state index in [-0.39, 0.29) is 11.7 Å². The van der Waals surface area contributed by atoms with Gasteiger partial charge < -0.3 is 11.1 Å². The van der Waals surface area contributed by atoms with Gasteiger partial charge in [0.25, 0.3) is 5.91 Å². The highest BCUT2D eigenvalue weighted by Gasteiger charge is 2.14. The predicted molar refractivity (Wildman–Crippen MR) is 62.8 cm³/mol. The summed E-state index contributed by atoms with van der Waals surface area (Å²) in [7, 11) is 0. The molecule has 0 saturated carbocycles. The fourth-order valence-corrected chi connectivity index (χ4v) is 1.38. The van der Waals surface area contributed by atoms with Gasteiger partial charge in [-0.1, -0.05) is 0 Å². The fourth-order valence-electron chi connectivity index (χ4n) is 1.38. The molecule has 0 bridgehead atoms. The average molecular weight is 220 g/mol. The first-order valence-electron chi connectivity index (χ1n) is 5.19. The second kappa shape index (κ2) is 5.81. The van der Waals surface area contributed by atoms with E-state index in [1.807, 2.05) is 0 Å². The molecular weight excluding hydrogens is 204 g/mol. The lowest BCUT2D eigenvalue weighted by Crippen LogP contribution is -2.25. The third kappa shape index (κ3) is 3.02. The summed E-state index contributed by atoms with van der Waals surface area (Å²) in [4.78, 5) is 11.7. The minimum atomic E-state index is -0.190. The van der Waals surface area contributed by atoms with Gasteiger partial charge in [-0.3, -0.25) is 9.89 Å². The van der Waals surface area contributed by atoms with E-state index in [0.717, 1.165) is 19.3 Å². The molecule has 0 fully saturated rings. The molecule has 1 amide bonds. The van der Waals surface area contributed by atoms with Gasteiger partial charge in [0.2, 0.25) is 0 Å². The van der Waals surface area contributed by atoms with Crippen molar-refractivity contribution in [1.29, 1.82) is 0 Å².